The molecule has 1 aliphatic rings. The summed E-state index contributed by atoms with van der Waals surface area (Å²) in [5.74, 6) is 0. The summed E-state index contributed by atoms with van der Waals surface area (Å²) in [4.78, 5) is 0. The number of ether oxygens (including phenoxy) is 2. The quantitative estimate of drug-likeness (QED) is 0.733. The van der Waals surface area contributed by atoms with Crippen LogP contribution in [0, 0.1) is 5.41 Å². The minimum absolute atomic E-state index is 0. The molecule has 14 heavy (non-hydrogen) atoms. The smallest absolute Gasteiger partial charge is 0.0700 e. The predicted molar refractivity (Wildman–Crippen MR) is 61.5 cm³/mol. The van der Waals surface area contributed by atoms with E-state index in [0.29, 0.717) is 5.41 Å². The van der Waals surface area contributed by atoms with Crippen molar-refractivity contribution in [2.45, 2.75) is 32.6 Å². The molecular weight excluding hydrogens is 202 g/mol. The van der Waals surface area contributed by atoms with Crippen LogP contribution in [-0.2, 0) is 9.47 Å². The van der Waals surface area contributed by atoms with E-state index in [0.717, 1.165) is 19.8 Å². The van der Waals surface area contributed by atoms with Gasteiger partial charge in [-0.05, 0) is 18.3 Å². The standard InChI is InChI=1S/C10H20O2.ClH.H3N/c1-10(5-3-4-6-10)9-12-8-7-11-2;;/h3-9H2,1-2H3;1H;1H3. The minimum Gasteiger partial charge on any atom is -0.382 e. The van der Waals surface area contributed by atoms with Crippen LogP contribution in [0.4, 0.5) is 0 Å². The molecule has 1 rings (SSSR count). The highest BCUT2D eigenvalue weighted by Crippen LogP contribution is 2.37. The third-order valence-electron chi connectivity index (χ3n) is 2.69. The Balaban J connectivity index is 0. The van der Waals surface area contributed by atoms with Crippen LogP contribution in [0.15, 0.2) is 0 Å². The molecule has 0 radical (unpaired) electrons. The summed E-state index contributed by atoms with van der Waals surface area (Å²) in [6.45, 7) is 4.70. The Morgan fingerprint density at radius 1 is 1.14 bits per heavy atom. The monoisotopic (exact) mass is 225 g/mol. The van der Waals surface area contributed by atoms with Crippen LogP contribution >= 0.6 is 12.4 Å². The summed E-state index contributed by atoms with van der Waals surface area (Å²) >= 11 is 0. The molecule has 1 aliphatic carbocycles. The number of rotatable bonds is 5. The van der Waals surface area contributed by atoms with Crippen molar-refractivity contribution < 1.29 is 9.47 Å². The fraction of sp³-hybridized carbons (Fsp3) is 1.00. The van der Waals surface area contributed by atoms with Gasteiger partial charge < -0.3 is 15.6 Å². The van der Waals surface area contributed by atoms with E-state index in [-0.39, 0.29) is 18.6 Å². The highest BCUT2D eigenvalue weighted by Gasteiger charge is 2.28. The van der Waals surface area contributed by atoms with Gasteiger partial charge in [-0.2, -0.15) is 0 Å². The van der Waals surface area contributed by atoms with Crippen LogP contribution in [-0.4, -0.2) is 26.9 Å². The fourth-order valence-corrected chi connectivity index (χ4v) is 1.83. The lowest BCUT2D eigenvalue weighted by atomic mass is 9.90. The van der Waals surface area contributed by atoms with Crippen molar-refractivity contribution in [3.8, 4) is 0 Å². The lowest BCUT2D eigenvalue weighted by Gasteiger charge is -2.22. The van der Waals surface area contributed by atoms with E-state index in [2.05, 4.69) is 6.92 Å². The van der Waals surface area contributed by atoms with Crippen molar-refractivity contribution in [1.82, 2.24) is 6.15 Å². The van der Waals surface area contributed by atoms with Gasteiger partial charge in [0.15, 0.2) is 0 Å². The van der Waals surface area contributed by atoms with Gasteiger partial charge in [0.05, 0.1) is 19.8 Å². The Morgan fingerprint density at radius 3 is 2.21 bits per heavy atom. The number of methoxy groups -OCH3 is 1. The van der Waals surface area contributed by atoms with E-state index >= 15 is 0 Å². The summed E-state index contributed by atoms with van der Waals surface area (Å²) in [5, 5.41) is 0. The van der Waals surface area contributed by atoms with E-state index in [4.69, 9.17) is 9.47 Å². The van der Waals surface area contributed by atoms with E-state index in [1.54, 1.807) is 7.11 Å². The van der Waals surface area contributed by atoms with Crippen LogP contribution in [0.25, 0.3) is 0 Å². The zero-order valence-corrected chi connectivity index (χ0v) is 10.2. The summed E-state index contributed by atoms with van der Waals surface area (Å²) < 4.78 is 10.5. The van der Waals surface area contributed by atoms with Crippen LogP contribution < -0.4 is 6.15 Å². The molecule has 0 aromatic rings. The topological polar surface area (TPSA) is 53.5 Å². The lowest BCUT2D eigenvalue weighted by Crippen LogP contribution is -2.20. The van der Waals surface area contributed by atoms with Crippen LogP contribution in [0.2, 0.25) is 0 Å². The average molecular weight is 226 g/mol. The summed E-state index contributed by atoms with van der Waals surface area (Å²) in [5.41, 5.74) is 0.466. The SMILES string of the molecule is COCCOCC1(C)CCCC1.Cl.N. The second-order valence-electron chi connectivity index (χ2n) is 4.06. The maximum atomic E-state index is 5.54. The second-order valence-corrected chi connectivity index (χ2v) is 4.06. The van der Waals surface area contributed by atoms with E-state index in [1.165, 1.54) is 25.7 Å². The molecule has 0 aromatic heterocycles. The molecule has 0 bridgehead atoms. The molecule has 0 spiro atoms. The Hall–Kier alpha value is 0.170. The summed E-state index contributed by atoms with van der Waals surface area (Å²) in [6, 6.07) is 0. The Kier molecular flexibility index (Phi) is 10.0. The molecule has 0 aromatic carbocycles. The van der Waals surface area contributed by atoms with E-state index in [1.807, 2.05) is 0 Å². The Bertz CT molecular complexity index is 127. The normalized spacial score (nSPS) is 18.4. The minimum atomic E-state index is 0. The zero-order valence-electron chi connectivity index (χ0n) is 9.38. The van der Waals surface area contributed by atoms with Crippen molar-refractivity contribution in [1.29, 1.82) is 0 Å². The Morgan fingerprint density at radius 2 is 1.71 bits per heavy atom. The largest absolute Gasteiger partial charge is 0.382 e. The van der Waals surface area contributed by atoms with Crippen molar-refractivity contribution in [3.05, 3.63) is 0 Å². The highest BCUT2D eigenvalue weighted by atomic mass is 35.5. The van der Waals surface area contributed by atoms with Crippen molar-refractivity contribution >= 4 is 12.4 Å². The van der Waals surface area contributed by atoms with Crippen LogP contribution in [0.3, 0.4) is 0 Å². The van der Waals surface area contributed by atoms with Gasteiger partial charge in [0.2, 0.25) is 0 Å². The van der Waals surface area contributed by atoms with E-state index < -0.39 is 0 Å². The fourth-order valence-electron chi connectivity index (χ4n) is 1.83. The lowest BCUT2D eigenvalue weighted by molar-refractivity contribution is 0.0239. The third-order valence-corrected chi connectivity index (χ3v) is 2.69. The highest BCUT2D eigenvalue weighted by molar-refractivity contribution is 5.85. The van der Waals surface area contributed by atoms with Gasteiger partial charge in [-0.15, -0.1) is 12.4 Å². The first kappa shape index (κ1) is 16.6. The Labute approximate surface area is 93.5 Å². The molecule has 4 heteroatoms. The van der Waals surface area contributed by atoms with Crippen molar-refractivity contribution in [2.75, 3.05) is 26.9 Å². The molecule has 0 aliphatic heterocycles. The second kappa shape index (κ2) is 8.48. The molecule has 0 amide bonds. The van der Waals surface area contributed by atoms with Crippen molar-refractivity contribution in [3.63, 3.8) is 0 Å². The average Bonchev–Trinajstić information content (AvgIpc) is 2.47. The van der Waals surface area contributed by atoms with Gasteiger partial charge >= 0.3 is 0 Å². The number of hydrogen-bond donors (Lipinski definition) is 1. The molecule has 0 saturated heterocycles. The maximum Gasteiger partial charge on any atom is 0.0700 e. The predicted octanol–water partition coefficient (Wildman–Crippen LogP) is 2.81. The first-order chi connectivity index (χ1) is 5.77. The van der Waals surface area contributed by atoms with Gasteiger partial charge in [0, 0.05) is 7.11 Å². The molecule has 3 nitrogen and oxygen atoms in total. The molecule has 0 atom stereocenters. The van der Waals surface area contributed by atoms with Crippen LogP contribution in [0.1, 0.15) is 32.6 Å². The molecule has 1 saturated carbocycles. The molecule has 88 valence electrons. The third kappa shape index (κ3) is 5.81. The van der Waals surface area contributed by atoms with Gasteiger partial charge in [-0.3, -0.25) is 0 Å². The first-order valence-electron chi connectivity index (χ1n) is 4.83. The van der Waals surface area contributed by atoms with Gasteiger partial charge in [-0.1, -0.05) is 19.8 Å². The number of hydrogen-bond acceptors (Lipinski definition) is 3. The molecule has 0 heterocycles. The van der Waals surface area contributed by atoms with Crippen molar-refractivity contribution in [2.24, 2.45) is 5.41 Å². The van der Waals surface area contributed by atoms with E-state index in [9.17, 15) is 0 Å². The van der Waals surface area contributed by atoms with Gasteiger partial charge in [-0.25, -0.2) is 0 Å². The maximum absolute atomic E-state index is 5.54. The summed E-state index contributed by atoms with van der Waals surface area (Å²) in [6.07, 6.45) is 5.42. The number of halogens is 1. The molecular formula is C10H24ClNO2. The molecule has 3 N–H and O–H groups in total. The zero-order chi connectivity index (χ0) is 8.86. The van der Waals surface area contributed by atoms with Crippen LogP contribution in [0.5, 0.6) is 0 Å². The molecule has 0 unspecified atom stereocenters. The summed E-state index contributed by atoms with van der Waals surface area (Å²) in [7, 11) is 1.71. The van der Waals surface area contributed by atoms with Gasteiger partial charge in [0.25, 0.3) is 0 Å². The van der Waals surface area contributed by atoms with Gasteiger partial charge in [0.1, 0.15) is 0 Å². The molecule has 1 fully saturated rings. The first-order valence-corrected chi connectivity index (χ1v) is 4.83.